The first-order valence-electron chi connectivity index (χ1n) is 7.66. The highest BCUT2D eigenvalue weighted by Crippen LogP contribution is 2.24. The molecule has 2 heterocycles. The van der Waals surface area contributed by atoms with Gasteiger partial charge in [0.2, 0.25) is 0 Å². The van der Waals surface area contributed by atoms with Gasteiger partial charge in [-0.2, -0.15) is 0 Å². The lowest BCUT2D eigenvalue weighted by atomic mass is 9.45. The maximum Gasteiger partial charge on any atom is 0.328 e. The summed E-state index contributed by atoms with van der Waals surface area (Å²) in [6.45, 7) is 0.283. The molecule has 0 spiro atoms. The summed E-state index contributed by atoms with van der Waals surface area (Å²) in [6, 6.07) is 21.8. The Labute approximate surface area is 130 Å². The molecule has 102 valence electrons. The average Bonchev–Trinajstić information content (AvgIpc) is 2.60. The Balaban J connectivity index is 1.82. The Bertz CT molecular complexity index is 955. The molecular weight excluding hydrogens is 265 g/mol. The lowest BCUT2D eigenvalue weighted by Gasteiger charge is -2.34. The minimum Gasteiger partial charge on any atom is -0.389 e. The molecule has 0 atom stereocenters. The Morgan fingerprint density at radius 3 is 2.50 bits per heavy atom. The summed E-state index contributed by atoms with van der Waals surface area (Å²) in [5.74, 6) is 0. The molecular formula is C20H14BN. The predicted octanol–water partition coefficient (Wildman–Crippen LogP) is 3.22. The van der Waals surface area contributed by atoms with Crippen LogP contribution in [-0.4, -0.2) is 11.7 Å². The van der Waals surface area contributed by atoms with Crippen molar-refractivity contribution in [3.63, 3.8) is 0 Å². The fraction of sp³-hybridized carbons (Fsp3) is 0. The van der Waals surface area contributed by atoms with Gasteiger partial charge in [-0.3, -0.25) is 0 Å². The lowest BCUT2D eigenvalue weighted by Crippen LogP contribution is -2.56. The largest absolute Gasteiger partial charge is 0.389 e. The molecule has 0 aliphatic carbocycles. The van der Waals surface area contributed by atoms with E-state index in [0.29, 0.717) is 0 Å². The van der Waals surface area contributed by atoms with Gasteiger partial charge >= 0.3 is 6.85 Å². The third kappa shape index (κ3) is 1.55. The van der Waals surface area contributed by atoms with Gasteiger partial charge in [0.1, 0.15) is 0 Å². The summed E-state index contributed by atoms with van der Waals surface area (Å²) in [5, 5.41) is 2.64. The molecule has 3 aromatic rings. The van der Waals surface area contributed by atoms with Gasteiger partial charge in [0.15, 0.2) is 0 Å². The Hall–Kier alpha value is -2.74. The fourth-order valence-electron chi connectivity index (χ4n) is 3.69. The summed E-state index contributed by atoms with van der Waals surface area (Å²) in [6.07, 6.45) is 8.82. The molecule has 3 aromatic carbocycles. The van der Waals surface area contributed by atoms with E-state index in [4.69, 9.17) is 0 Å². The topological polar surface area (TPSA) is 3.24 Å². The normalized spacial score (nSPS) is 14.7. The third-order valence-electron chi connectivity index (χ3n) is 4.73. The van der Waals surface area contributed by atoms with E-state index >= 15 is 0 Å². The molecule has 22 heavy (non-hydrogen) atoms. The van der Waals surface area contributed by atoms with Crippen molar-refractivity contribution >= 4 is 40.7 Å². The van der Waals surface area contributed by atoms with Crippen molar-refractivity contribution in [1.82, 2.24) is 4.81 Å². The van der Waals surface area contributed by atoms with Crippen LogP contribution in [0.3, 0.4) is 0 Å². The van der Waals surface area contributed by atoms with E-state index in [0.717, 1.165) is 0 Å². The molecule has 2 heteroatoms. The Kier molecular flexibility index (Phi) is 2.36. The van der Waals surface area contributed by atoms with Gasteiger partial charge in [0, 0.05) is 0 Å². The van der Waals surface area contributed by atoms with Crippen LogP contribution in [0.4, 0.5) is 0 Å². The summed E-state index contributed by atoms with van der Waals surface area (Å²) in [4.78, 5) is 2.31. The quantitative estimate of drug-likeness (QED) is 0.571. The highest BCUT2D eigenvalue weighted by Gasteiger charge is 2.33. The van der Waals surface area contributed by atoms with E-state index in [1.807, 2.05) is 0 Å². The first-order chi connectivity index (χ1) is 10.9. The van der Waals surface area contributed by atoms with Crippen molar-refractivity contribution in [2.75, 3.05) is 0 Å². The first-order valence-corrected chi connectivity index (χ1v) is 7.66. The van der Waals surface area contributed by atoms with Crippen LogP contribution in [0.25, 0.3) is 22.9 Å². The summed E-state index contributed by atoms with van der Waals surface area (Å²) < 4.78 is 0. The van der Waals surface area contributed by atoms with Gasteiger partial charge in [0.25, 0.3) is 0 Å². The molecule has 0 radical (unpaired) electrons. The summed E-state index contributed by atoms with van der Waals surface area (Å²) in [7, 11) is 0. The van der Waals surface area contributed by atoms with E-state index in [2.05, 4.69) is 90.0 Å². The molecule has 2 aliphatic rings. The SMILES string of the molecule is C1=CN2C=Cc3c(ccc4ccccc34)B2c2ccccc21. The van der Waals surface area contributed by atoms with Crippen molar-refractivity contribution in [3.8, 4) is 0 Å². The number of rotatable bonds is 0. The van der Waals surface area contributed by atoms with Gasteiger partial charge in [-0.1, -0.05) is 60.7 Å². The number of hydrogen-bond donors (Lipinski definition) is 0. The van der Waals surface area contributed by atoms with Crippen LogP contribution < -0.4 is 10.9 Å². The zero-order valence-corrected chi connectivity index (χ0v) is 12.1. The van der Waals surface area contributed by atoms with Crippen molar-refractivity contribution < 1.29 is 0 Å². The minimum atomic E-state index is 0.283. The molecule has 5 rings (SSSR count). The van der Waals surface area contributed by atoms with Gasteiger partial charge in [-0.05, 0) is 57.4 Å². The molecule has 0 saturated heterocycles. The summed E-state index contributed by atoms with van der Waals surface area (Å²) >= 11 is 0. The molecule has 0 aromatic heterocycles. The standard InChI is InChI=1S/C20H14BN/c1-3-7-17-15(5-1)9-10-20-18(17)12-14-22-13-11-16-6-2-4-8-19(16)21(20)22/h1-14H. The monoisotopic (exact) mass is 279 g/mol. The van der Waals surface area contributed by atoms with Gasteiger partial charge < -0.3 is 4.81 Å². The Morgan fingerprint density at radius 1 is 0.682 bits per heavy atom. The van der Waals surface area contributed by atoms with E-state index in [1.54, 1.807) is 0 Å². The van der Waals surface area contributed by atoms with Gasteiger partial charge in [-0.15, -0.1) is 0 Å². The van der Waals surface area contributed by atoms with Crippen LogP contribution in [-0.2, 0) is 0 Å². The first kappa shape index (κ1) is 11.9. The molecule has 0 N–H and O–H groups in total. The van der Waals surface area contributed by atoms with E-state index < -0.39 is 0 Å². The number of hydrogen-bond acceptors (Lipinski definition) is 1. The second-order valence-corrected chi connectivity index (χ2v) is 5.90. The van der Waals surface area contributed by atoms with Crippen LogP contribution in [0.2, 0.25) is 0 Å². The predicted molar refractivity (Wildman–Crippen MR) is 95.3 cm³/mol. The number of nitrogens with zero attached hydrogens (tertiary/aromatic N) is 1. The van der Waals surface area contributed by atoms with Crippen LogP contribution >= 0.6 is 0 Å². The van der Waals surface area contributed by atoms with Gasteiger partial charge in [0.05, 0.1) is 0 Å². The van der Waals surface area contributed by atoms with Crippen molar-refractivity contribution in [3.05, 3.63) is 84.2 Å². The molecule has 2 aliphatic heterocycles. The highest BCUT2D eigenvalue weighted by molar-refractivity contribution is 6.85. The van der Waals surface area contributed by atoms with Crippen LogP contribution in [0.1, 0.15) is 11.1 Å². The number of fused-ring (bicyclic) bond motifs is 7. The van der Waals surface area contributed by atoms with Crippen molar-refractivity contribution in [2.24, 2.45) is 0 Å². The zero-order chi connectivity index (χ0) is 14.5. The van der Waals surface area contributed by atoms with E-state index in [1.165, 1.54) is 32.8 Å². The van der Waals surface area contributed by atoms with Gasteiger partial charge in [-0.25, -0.2) is 0 Å². The van der Waals surface area contributed by atoms with Crippen molar-refractivity contribution in [2.45, 2.75) is 0 Å². The minimum absolute atomic E-state index is 0.283. The molecule has 0 bridgehead atoms. The van der Waals surface area contributed by atoms with Crippen LogP contribution in [0.5, 0.6) is 0 Å². The molecule has 0 saturated carbocycles. The highest BCUT2D eigenvalue weighted by atomic mass is 15.0. The van der Waals surface area contributed by atoms with E-state index in [-0.39, 0.29) is 6.85 Å². The Morgan fingerprint density at radius 2 is 1.50 bits per heavy atom. The lowest BCUT2D eigenvalue weighted by molar-refractivity contribution is 0.804. The van der Waals surface area contributed by atoms with Crippen LogP contribution in [0.15, 0.2) is 73.1 Å². The molecule has 0 amide bonds. The second-order valence-electron chi connectivity index (χ2n) is 5.90. The zero-order valence-electron chi connectivity index (χ0n) is 12.1. The fourth-order valence-corrected chi connectivity index (χ4v) is 3.69. The van der Waals surface area contributed by atoms with Crippen LogP contribution in [0, 0.1) is 0 Å². The number of benzene rings is 3. The third-order valence-corrected chi connectivity index (χ3v) is 4.73. The molecule has 0 fully saturated rings. The second kappa shape index (κ2) is 4.38. The smallest absolute Gasteiger partial charge is 0.328 e. The molecule has 1 nitrogen and oxygen atoms in total. The average molecular weight is 279 g/mol. The van der Waals surface area contributed by atoms with Crippen molar-refractivity contribution in [1.29, 1.82) is 0 Å². The maximum atomic E-state index is 2.31. The molecule has 0 unspecified atom stereocenters. The summed E-state index contributed by atoms with van der Waals surface area (Å²) in [5.41, 5.74) is 5.44. The maximum absolute atomic E-state index is 2.31. The van der Waals surface area contributed by atoms with E-state index in [9.17, 15) is 0 Å².